The Balaban J connectivity index is 4.17. The number of rotatable bonds is 69. The number of carbonyl (C=O) groups excluding carboxylic acids is 3. The monoisotopic (exact) mass is 1160 g/mol. The van der Waals surface area contributed by atoms with Gasteiger partial charge in [-0.25, -0.2) is 0 Å². The number of allylic oxidation sites excluding steroid dienone is 8. The summed E-state index contributed by atoms with van der Waals surface area (Å²) >= 11 is 0. The predicted molar refractivity (Wildman–Crippen MR) is 362 cm³/mol. The lowest BCUT2D eigenvalue weighted by atomic mass is 10.0. The SMILES string of the molecule is CCCCC/C=C\C/C=C\CCCCCCCCCC(=O)OC(COC(=O)CCCCCCC/C=C\C/C=C\CCCCCC)COC(=O)CCCCCCCCCCCCCCCCCCCCCCCCCCCCCCCCCC. The predicted octanol–water partition coefficient (Wildman–Crippen LogP) is 25.7. The van der Waals surface area contributed by atoms with Crippen molar-refractivity contribution in [2.45, 2.75) is 412 Å². The molecule has 0 aliphatic carbocycles. The molecule has 0 bridgehead atoms. The fraction of sp³-hybridized carbons (Fsp3) is 0.857. The first-order valence-electron chi connectivity index (χ1n) is 37.1. The van der Waals surface area contributed by atoms with E-state index in [0.717, 1.165) is 89.9 Å². The van der Waals surface area contributed by atoms with Gasteiger partial charge in [0.1, 0.15) is 13.2 Å². The average molecular weight is 1160 g/mol. The van der Waals surface area contributed by atoms with Gasteiger partial charge in [0.05, 0.1) is 0 Å². The van der Waals surface area contributed by atoms with Gasteiger partial charge in [0.2, 0.25) is 0 Å². The molecule has 0 radical (unpaired) electrons. The Morgan fingerprint density at radius 1 is 0.241 bits per heavy atom. The second-order valence-corrected chi connectivity index (χ2v) is 25.2. The van der Waals surface area contributed by atoms with E-state index in [1.165, 1.54) is 276 Å². The molecule has 6 heteroatoms. The van der Waals surface area contributed by atoms with E-state index in [4.69, 9.17) is 14.2 Å². The fourth-order valence-electron chi connectivity index (χ4n) is 11.2. The minimum Gasteiger partial charge on any atom is -0.462 e. The van der Waals surface area contributed by atoms with Gasteiger partial charge in [-0.1, -0.05) is 352 Å². The van der Waals surface area contributed by atoms with Crippen LogP contribution in [0.1, 0.15) is 406 Å². The molecule has 0 rings (SSSR count). The third kappa shape index (κ3) is 70.0. The van der Waals surface area contributed by atoms with Gasteiger partial charge < -0.3 is 14.2 Å². The quantitative estimate of drug-likeness (QED) is 0.0261. The third-order valence-corrected chi connectivity index (χ3v) is 16.8. The van der Waals surface area contributed by atoms with Crippen LogP contribution >= 0.6 is 0 Å². The van der Waals surface area contributed by atoms with Crippen LogP contribution in [-0.4, -0.2) is 37.2 Å². The Hall–Kier alpha value is -2.63. The van der Waals surface area contributed by atoms with Crippen LogP contribution in [0.4, 0.5) is 0 Å². The average Bonchev–Trinajstić information content (AvgIpc) is 3.49. The van der Waals surface area contributed by atoms with Gasteiger partial charge in [-0.15, -0.1) is 0 Å². The fourth-order valence-corrected chi connectivity index (χ4v) is 11.2. The number of unbranched alkanes of at least 4 members (excludes halogenated alkanes) is 50. The normalized spacial score (nSPS) is 12.3. The maximum absolute atomic E-state index is 12.9. The number of carbonyl (C=O) groups is 3. The van der Waals surface area contributed by atoms with E-state index in [-0.39, 0.29) is 31.1 Å². The lowest BCUT2D eigenvalue weighted by molar-refractivity contribution is -0.167. The van der Waals surface area contributed by atoms with Gasteiger partial charge >= 0.3 is 17.9 Å². The van der Waals surface area contributed by atoms with E-state index in [1.54, 1.807) is 0 Å². The highest BCUT2D eigenvalue weighted by atomic mass is 16.6. The van der Waals surface area contributed by atoms with Gasteiger partial charge in [-0.05, 0) is 83.5 Å². The maximum atomic E-state index is 12.9. The summed E-state index contributed by atoms with van der Waals surface area (Å²) in [6, 6.07) is 0. The highest BCUT2D eigenvalue weighted by molar-refractivity contribution is 5.71. The second kappa shape index (κ2) is 71.8. The summed E-state index contributed by atoms with van der Waals surface area (Å²) in [5, 5.41) is 0. The molecular formula is C77H142O6. The Bertz CT molecular complexity index is 1430. The summed E-state index contributed by atoms with van der Waals surface area (Å²) in [6.07, 6.45) is 91.6. The summed E-state index contributed by atoms with van der Waals surface area (Å²) in [5.74, 6) is -0.874. The van der Waals surface area contributed by atoms with Crippen molar-refractivity contribution < 1.29 is 28.6 Å². The topological polar surface area (TPSA) is 78.9 Å². The molecule has 0 heterocycles. The number of hydrogen-bond donors (Lipinski definition) is 0. The Labute approximate surface area is 518 Å². The molecule has 0 aromatic carbocycles. The van der Waals surface area contributed by atoms with Crippen LogP contribution in [0.5, 0.6) is 0 Å². The molecule has 1 unspecified atom stereocenters. The lowest BCUT2D eigenvalue weighted by Gasteiger charge is -2.18. The lowest BCUT2D eigenvalue weighted by Crippen LogP contribution is -2.30. The Morgan fingerprint density at radius 2 is 0.434 bits per heavy atom. The first kappa shape index (κ1) is 80.4. The summed E-state index contributed by atoms with van der Waals surface area (Å²) in [5.41, 5.74) is 0. The standard InChI is InChI=1S/C77H142O6/c1-4-7-10-13-16-19-22-25-28-31-32-33-34-35-36-37-38-39-40-41-42-43-44-45-47-49-52-55-58-61-64-67-70-76(79)82-73-74(72-81-75(78)69-66-63-60-57-54-51-48-30-27-24-21-18-15-12-9-6-3)83-77(80)71-68-65-62-59-56-53-50-46-29-26-23-20-17-14-11-8-5-2/h17,20-21,24,26,29-30,48,74H,4-16,18-19,22-23,25,27-28,31-47,49-73H2,1-3H3/b20-17-,24-21-,29-26-,48-30-. The second-order valence-electron chi connectivity index (χ2n) is 25.2. The van der Waals surface area contributed by atoms with Gasteiger partial charge in [-0.3, -0.25) is 14.4 Å². The van der Waals surface area contributed by atoms with Gasteiger partial charge in [-0.2, -0.15) is 0 Å². The minimum absolute atomic E-state index is 0.0772. The van der Waals surface area contributed by atoms with Crippen LogP contribution in [-0.2, 0) is 28.6 Å². The van der Waals surface area contributed by atoms with Crippen molar-refractivity contribution in [3.8, 4) is 0 Å². The van der Waals surface area contributed by atoms with Crippen molar-refractivity contribution in [1.29, 1.82) is 0 Å². The van der Waals surface area contributed by atoms with Crippen LogP contribution in [0.15, 0.2) is 48.6 Å². The molecule has 0 fully saturated rings. The van der Waals surface area contributed by atoms with Crippen LogP contribution < -0.4 is 0 Å². The molecular weight excluding hydrogens is 1020 g/mol. The molecule has 1 atom stereocenters. The summed E-state index contributed by atoms with van der Waals surface area (Å²) in [7, 11) is 0. The minimum atomic E-state index is -0.784. The van der Waals surface area contributed by atoms with Crippen molar-refractivity contribution in [2.75, 3.05) is 13.2 Å². The Morgan fingerprint density at radius 3 is 0.699 bits per heavy atom. The molecule has 0 saturated carbocycles. The summed E-state index contributed by atoms with van der Waals surface area (Å²) < 4.78 is 17.0. The molecule has 0 aromatic heterocycles. The Kier molecular flexibility index (Phi) is 69.6. The van der Waals surface area contributed by atoms with Crippen LogP contribution in [0.3, 0.4) is 0 Å². The third-order valence-electron chi connectivity index (χ3n) is 16.8. The van der Waals surface area contributed by atoms with Crippen molar-refractivity contribution >= 4 is 17.9 Å². The summed E-state index contributed by atoms with van der Waals surface area (Å²) in [6.45, 7) is 6.65. The van der Waals surface area contributed by atoms with E-state index in [1.807, 2.05) is 0 Å². The van der Waals surface area contributed by atoms with Crippen molar-refractivity contribution in [3.63, 3.8) is 0 Å². The van der Waals surface area contributed by atoms with E-state index >= 15 is 0 Å². The van der Waals surface area contributed by atoms with E-state index in [9.17, 15) is 14.4 Å². The number of ether oxygens (including phenoxy) is 3. The zero-order valence-electron chi connectivity index (χ0n) is 56.0. The van der Waals surface area contributed by atoms with Crippen molar-refractivity contribution in [3.05, 3.63) is 48.6 Å². The molecule has 0 amide bonds. The zero-order chi connectivity index (χ0) is 59.9. The zero-order valence-corrected chi connectivity index (χ0v) is 56.0. The molecule has 6 nitrogen and oxygen atoms in total. The van der Waals surface area contributed by atoms with Crippen molar-refractivity contribution in [2.24, 2.45) is 0 Å². The van der Waals surface area contributed by atoms with Crippen LogP contribution in [0, 0.1) is 0 Å². The highest BCUT2D eigenvalue weighted by Gasteiger charge is 2.19. The van der Waals surface area contributed by atoms with Crippen molar-refractivity contribution in [1.82, 2.24) is 0 Å². The molecule has 0 saturated heterocycles. The molecule has 0 spiro atoms. The number of hydrogen-bond acceptors (Lipinski definition) is 6. The molecule has 486 valence electrons. The van der Waals surface area contributed by atoms with E-state index in [0.29, 0.717) is 19.3 Å². The van der Waals surface area contributed by atoms with Gasteiger partial charge in [0.15, 0.2) is 6.10 Å². The van der Waals surface area contributed by atoms with Crippen LogP contribution in [0.2, 0.25) is 0 Å². The molecule has 83 heavy (non-hydrogen) atoms. The molecule has 0 aliphatic rings. The number of esters is 3. The smallest absolute Gasteiger partial charge is 0.306 e. The molecule has 0 N–H and O–H groups in total. The molecule has 0 aromatic rings. The summed E-state index contributed by atoms with van der Waals surface area (Å²) in [4.78, 5) is 38.4. The van der Waals surface area contributed by atoms with Gasteiger partial charge in [0, 0.05) is 19.3 Å². The first-order valence-corrected chi connectivity index (χ1v) is 37.1. The van der Waals surface area contributed by atoms with E-state index < -0.39 is 6.10 Å². The maximum Gasteiger partial charge on any atom is 0.306 e. The highest BCUT2D eigenvalue weighted by Crippen LogP contribution is 2.19. The van der Waals surface area contributed by atoms with Crippen LogP contribution in [0.25, 0.3) is 0 Å². The van der Waals surface area contributed by atoms with E-state index in [2.05, 4.69) is 69.4 Å². The van der Waals surface area contributed by atoms with Gasteiger partial charge in [0.25, 0.3) is 0 Å². The largest absolute Gasteiger partial charge is 0.462 e. The molecule has 0 aliphatic heterocycles. The first-order chi connectivity index (χ1) is 41.0.